The maximum absolute atomic E-state index is 12.8. The number of ether oxygens (including phenoxy) is 1. The van der Waals surface area contributed by atoms with E-state index in [2.05, 4.69) is 31.9 Å². The fourth-order valence-corrected chi connectivity index (χ4v) is 2.94. The third kappa shape index (κ3) is 3.58. The van der Waals surface area contributed by atoms with E-state index in [4.69, 9.17) is 4.74 Å². The Morgan fingerprint density at radius 2 is 1.85 bits per heavy atom. The van der Waals surface area contributed by atoms with E-state index >= 15 is 0 Å². The third-order valence-electron chi connectivity index (χ3n) is 2.54. The Labute approximate surface area is 131 Å². The highest BCUT2D eigenvalue weighted by molar-refractivity contribution is 9.11. The molecule has 0 radical (unpaired) electrons. The molecule has 2 aromatic carbocycles. The molecule has 0 aliphatic rings. The van der Waals surface area contributed by atoms with Crippen molar-refractivity contribution in [2.75, 3.05) is 0 Å². The molecule has 0 saturated carbocycles. The maximum Gasteiger partial charge on any atom is 0.339 e. The molecular weight excluding hydrogens is 395 g/mol. The van der Waals surface area contributed by atoms with Gasteiger partial charge in [-0.15, -0.1) is 0 Å². The summed E-state index contributed by atoms with van der Waals surface area (Å²) < 4.78 is 19.5. The van der Waals surface area contributed by atoms with E-state index in [1.54, 1.807) is 18.2 Å². The largest absolute Gasteiger partial charge is 0.487 e. The molecule has 2 aromatic rings. The van der Waals surface area contributed by atoms with Crippen LogP contribution in [0.15, 0.2) is 45.3 Å². The molecule has 0 aliphatic heterocycles. The SMILES string of the molecule is O=C(O)c1cc(Br)cc(Br)c1OCc1ccc(F)cc1. The van der Waals surface area contributed by atoms with E-state index in [0.29, 0.717) is 8.95 Å². The lowest BCUT2D eigenvalue weighted by Gasteiger charge is -2.12. The van der Waals surface area contributed by atoms with Gasteiger partial charge in [0, 0.05) is 4.47 Å². The van der Waals surface area contributed by atoms with E-state index in [1.165, 1.54) is 18.2 Å². The minimum Gasteiger partial charge on any atom is -0.487 e. The van der Waals surface area contributed by atoms with Crippen LogP contribution in [0.5, 0.6) is 5.75 Å². The summed E-state index contributed by atoms with van der Waals surface area (Å²) in [6.45, 7) is 0.154. The summed E-state index contributed by atoms with van der Waals surface area (Å²) in [5.74, 6) is -1.17. The molecule has 6 heteroatoms. The van der Waals surface area contributed by atoms with E-state index < -0.39 is 5.97 Å². The van der Waals surface area contributed by atoms with Gasteiger partial charge in [0.25, 0.3) is 0 Å². The highest BCUT2D eigenvalue weighted by atomic mass is 79.9. The van der Waals surface area contributed by atoms with E-state index in [9.17, 15) is 14.3 Å². The Balaban J connectivity index is 2.24. The number of rotatable bonds is 4. The van der Waals surface area contributed by atoms with Crippen LogP contribution in [0.2, 0.25) is 0 Å². The number of hydrogen-bond donors (Lipinski definition) is 1. The zero-order valence-corrected chi connectivity index (χ0v) is 13.2. The van der Waals surface area contributed by atoms with Crippen LogP contribution in [0.4, 0.5) is 4.39 Å². The van der Waals surface area contributed by atoms with Gasteiger partial charge in [-0.1, -0.05) is 28.1 Å². The first-order valence-corrected chi connectivity index (χ1v) is 7.15. The van der Waals surface area contributed by atoms with Gasteiger partial charge >= 0.3 is 5.97 Å². The standard InChI is InChI=1S/C14H9Br2FO3/c15-9-5-11(14(18)19)13(12(16)6-9)20-7-8-1-3-10(17)4-2-8/h1-6H,7H2,(H,18,19). The van der Waals surface area contributed by atoms with Crippen LogP contribution in [0.25, 0.3) is 0 Å². The monoisotopic (exact) mass is 402 g/mol. The molecule has 0 atom stereocenters. The summed E-state index contributed by atoms with van der Waals surface area (Å²) in [6, 6.07) is 8.99. The molecule has 0 bridgehead atoms. The highest BCUT2D eigenvalue weighted by Crippen LogP contribution is 2.33. The number of carboxylic acid groups (broad SMARTS) is 1. The molecule has 0 aromatic heterocycles. The number of carboxylic acids is 1. The van der Waals surface area contributed by atoms with Gasteiger partial charge in [0.2, 0.25) is 0 Å². The van der Waals surface area contributed by atoms with Gasteiger partial charge in [-0.2, -0.15) is 0 Å². The van der Waals surface area contributed by atoms with E-state index in [-0.39, 0.29) is 23.7 Å². The number of hydrogen-bond acceptors (Lipinski definition) is 2. The van der Waals surface area contributed by atoms with Gasteiger partial charge in [0.05, 0.1) is 4.47 Å². The minimum absolute atomic E-state index is 0.0494. The summed E-state index contributed by atoms with van der Waals surface area (Å²) >= 11 is 6.50. The summed E-state index contributed by atoms with van der Waals surface area (Å²) in [6.07, 6.45) is 0. The van der Waals surface area contributed by atoms with Crippen molar-refractivity contribution in [2.45, 2.75) is 6.61 Å². The molecule has 20 heavy (non-hydrogen) atoms. The van der Waals surface area contributed by atoms with Gasteiger partial charge in [-0.3, -0.25) is 0 Å². The van der Waals surface area contributed by atoms with Crippen LogP contribution in [-0.2, 0) is 6.61 Å². The van der Waals surface area contributed by atoms with Crippen LogP contribution >= 0.6 is 31.9 Å². The van der Waals surface area contributed by atoms with Gasteiger partial charge < -0.3 is 9.84 Å². The van der Waals surface area contributed by atoms with E-state index in [0.717, 1.165) is 5.56 Å². The molecule has 3 nitrogen and oxygen atoms in total. The van der Waals surface area contributed by atoms with Crippen molar-refractivity contribution in [1.29, 1.82) is 0 Å². The first kappa shape index (κ1) is 15.0. The van der Waals surface area contributed by atoms with Gasteiger partial charge in [-0.25, -0.2) is 9.18 Å². The predicted molar refractivity (Wildman–Crippen MR) is 79.5 cm³/mol. The fraction of sp³-hybridized carbons (Fsp3) is 0.0714. The Morgan fingerprint density at radius 3 is 2.45 bits per heavy atom. The smallest absolute Gasteiger partial charge is 0.339 e. The summed E-state index contributed by atoms with van der Waals surface area (Å²) in [5, 5.41) is 9.18. The molecule has 104 valence electrons. The number of benzene rings is 2. The Kier molecular flexibility index (Phi) is 4.77. The predicted octanol–water partition coefficient (Wildman–Crippen LogP) is 4.63. The van der Waals surface area contributed by atoms with Crippen molar-refractivity contribution in [3.8, 4) is 5.75 Å². The van der Waals surface area contributed by atoms with Crippen LogP contribution in [-0.4, -0.2) is 11.1 Å². The third-order valence-corrected chi connectivity index (χ3v) is 3.58. The Morgan fingerprint density at radius 1 is 1.20 bits per heavy atom. The van der Waals surface area contributed by atoms with Crippen molar-refractivity contribution >= 4 is 37.8 Å². The van der Waals surface area contributed by atoms with Crippen LogP contribution < -0.4 is 4.74 Å². The average molecular weight is 404 g/mol. The second-order valence-corrected chi connectivity index (χ2v) is 5.75. The molecule has 0 unspecified atom stereocenters. The first-order chi connectivity index (χ1) is 9.47. The molecule has 0 amide bonds. The van der Waals surface area contributed by atoms with Crippen molar-refractivity contribution in [3.63, 3.8) is 0 Å². The molecule has 0 spiro atoms. The lowest BCUT2D eigenvalue weighted by Crippen LogP contribution is -2.04. The van der Waals surface area contributed by atoms with Crippen molar-refractivity contribution in [2.24, 2.45) is 0 Å². The van der Waals surface area contributed by atoms with Crippen LogP contribution in [0, 0.1) is 5.82 Å². The minimum atomic E-state index is -1.08. The fourth-order valence-electron chi connectivity index (χ4n) is 1.60. The van der Waals surface area contributed by atoms with Crippen molar-refractivity contribution < 1.29 is 19.0 Å². The van der Waals surface area contributed by atoms with Gasteiger partial charge in [0.15, 0.2) is 0 Å². The average Bonchev–Trinajstić information content (AvgIpc) is 2.38. The Bertz CT molecular complexity index is 642. The van der Waals surface area contributed by atoms with Crippen LogP contribution in [0.1, 0.15) is 15.9 Å². The lowest BCUT2D eigenvalue weighted by molar-refractivity contribution is 0.0691. The quantitative estimate of drug-likeness (QED) is 0.809. The molecule has 0 fully saturated rings. The molecule has 0 heterocycles. The molecule has 0 aliphatic carbocycles. The Hall–Kier alpha value is -1.40. The van der Waals surface area contributed by atoms with Gasteiger partial charge in [0.1, 0.15) is 23.7 Å². The highest BCUT2D eigenvalue weighted by Gasteiger charge is 2.16. The summed E-state index contributed by atoms with van der Waals surface area (Å²) in [4.78, 5) is 11.2. The zero-order chi connectivity index (χ0) is 14.7. The topological polar surface area (TPSA) is 46.5 Å². The molecule has 1 N–H and O–H groups in total. The molecule has 0 saturated heterocycles. The lowest BCUT2D eigenvalue weighted by atomic mass is 10.2. The molecule has 2 rings (SSSR count). The number of aromatic carboxylic acids is 1. The molecular formula is C14H9Br2FO3. The number of carbonyl (C=O) groups is 1. The summed E-state index contributed by atoms with van der Waals surface area (Å²) in [7, 11) is 0. The van der Waals surface area contributed by atoms with E-state index in [1.807, 2.05) is 0 Å². The number of halogens is 3. The van der Waals surface area contributed by atoms with Crippen LogP contribution in [0.3, 0.4) is 0 Å². The second-order valence-electron chi connectivity index (χ2n) is 3.98. The first-order valence-electron chi connectivity index (χ1n) is 5.57. The maximum atomic E-state index is 12.8. The van der Waals surface area contributed by atoms with Gasteiger partial charge in [-0.05, 0) is 45.8 Å². The van der Waals surface area contributed by atoms with Crippen molar-refractivity contribution in [3.05, 3.63) is 62.3 Å². The normalized spacial score (nSPS) is 10.3. The summed E-state index contributed by atoms with van der Waals surface area (Å²) in [5.41, 5.74) is 0.797. The van der Waals surface area contributed by atoms with Crippen molar-refractivity contribution in [1.82, 2.24) is 0 Å². The second kappa shape index (κ2) is 6.37. The zero-order valence-electron chi connectivity index (χ0n) is 10.1.